The lowest BCUT2D eigenvalue weighted by molar-refractivity contribution is -0.161. The molecule has 19 heteroatoms. The van der Waals surface area contributed by atoms with Crippen molar-refractivity contribution in [2.75, 3.05) is 39.6 Å². The molecule has 0 heterocycles. The van der Waals surface area contributed by atoms with Crippen molar-refractivity contribution in [1.29, 1.82) is 0 Å². The van der Waals surface area contributed by atoms with E-state index in [1.54, 1.807) is 0 Å². The zero-order valence-corrected chi connectivity index (χ0v) is 67.3. The van der Waals surface area contributed by atoms with Crippen molar-refractivity contribution >= 4 is 39.5 Å². The molecule has 0 saturated carbocycles. The number of ether oxygens (including phenoxy) is 4. The minimum Gasteiger partial charge on any atom is -0.462 e. The van der Waals surface area contributed by atoms with Crippen LogP contribution in [-0.2, 0) is 65.4 Å². The number of hydrogen-bond acceptors (Lipinski definition) is 15. The number of aliphatic hydroxyl groups excluding tert-OH is 1. The Morgan fingerprint density at radius 3 is 0.760 bits per heavy atom. The molecular formula is C81H158O17P2. The molecule has 0 aliphatic carbocycles. The van der Waals surface area contributed by atoms with Gasteiger partial charge < -0.3 is 33.8 Å². The van der Waals surface area contributed by atoms with Crippen molar-refractivity contribution in [3.8, 4) is 0 Å². The molecule has 0 saturated heterocycles. The molecule has 17 nitrogen and oxygen atoms in total. The third kappa shape index (κ3) is 73.0. The highest BCUT2D eigenvalue weighted by atomic mass is 31.2. The van der Waals surface area contributed by atoms with Gasteiger partial charge in [-0.15, -0.1) is 0 Å². The van der Waals surface area contributed by atoms with Gasteiger partial charge in [0.05, 0.1) is 26.4 Å². The lowest BCUT2D eigenvalue weighted by atomic mass is 10.00. The topological polar surface area (TPSA) is 237 Å². The van der Waals surface area contributed by atoms with Gasteiger partial charge in [0, 0.05) is 25.7 Å². The van der Waals surface area contributed by atoms with Gasteiger partial charge in [-0.2, -0.15) is 0 Å². The Bertz CT molecular complexity index is 1930. The molecule has 3 unspecified atom stereocenters. The van der Waals surface area contributed by atoms with E-state index in [4.69, 9.17) is 37.0 Å². The molecule has 594 valence electrons. The SMILES string of the molecule is CCCCCCCCCCCCCCCCCCCCCCCCC(=O)O[C@H](COC(=O)CCCCCCCCCCCCCC(C)C)COP(=O)(O)OC[C@@H](O)COP(=O)(O)OC[C@@H](COC(=O)CCCCCCCCC(C)CC)OC(=O)CCCCCCCCCCCCCCCC. The molecule has 0 aromatic heterocycles. The average Bonchev–Trinajstić information content (AvgIpc) is 0.949. The van der Waals surface area contributed by atoms with E-state index in [1.807, 2.05) is 0 Å². The highest BCUT2D eigenvalue weighted by molar-refractivity contribution is 7.47. The molecule has 6 atom stereocenters. The first-order chi connectivity index (χ1) is 48.4. The molecule has 0 fully saturated rings. The van der Waals surface area contributed by atoms with Gasteiger partial charge in [0.2, 0.25) is 0 Å². The lowest BCUT2D eigenvalue weighted by Gasteiger charge is -2.21. The van der Waals surface area contributed by atoms with Crippen LogP contribution in [0, 0.1) is 11.8 Å². The smallest absolute Gasteiger partial charge is 0.462 e. The lowest BCUT2D eigenvalue weighted by Crippen LogP contribution is -2.30. The second-order valence-corrected chi connectivity index (χ2v) is 32.8. The first kappa shape index (κ1) is 98.1. The maximum Gasteiger partial charge on any atom is 0.472 e. The molecule has 3 N–H and O–H groups in total. The van der Waals surface area contributed by atoms with Gasteiger partial charge >= 0.3 is 39.5 Å². The van der Waals surface area contributed by atoms with E-state index in [-0.39, 0.29) is 25.7 Å². The zero-order valence-electron chi connectivity index (χ0n) is 65.5. The van der Waals surface area contributed by atoms with E-state index in [9.17, 15) is 43.2 Å². The normalized spacial score (nSPS) is 14.2. The Balaban J connectivity index is 5.21. The van der Waals surface area contributed by atoms with Crippen molar-refractivity contribution < 1.29 is 80.2 Å². The summed E-state index contributed by atoms with van der Waals surface area (Å²) in [6, 6.07) is 0. The Labute approximate surface area is 613 Å². The van der Waals surface area contributed by atoms with Crippen LogP contribution in [0.1, 0.15) is 427 Å². The summed E-state index contributed by atoms with van der Waals surface area (Å²) in [6.07, 6.45) is 62.6. The maximum atomic E-state index is 13.1. The second kappa shape index (κ2) is 72.6. The number of unbranched alkanes of at least 4 members (excludes halogenated alkanes) is 49. The quantitative estimate of drug-likeness (QED) is 0.0222. The highest BCUT2D eigenvalue weighted by Gasteiger charge is 2.30. The summed E-state index contributed by atoms with van der Waals surface area (Å²) in [7, 11) is -9.92. The van der Waals surface area contributed by atoms with Gasteiger partial charge in [-0.1, -0.05) is 375 Å². The molecule has 0 aliphatic heterocycles. The molecule has 0 radical (unpaired) electrons. The monoisotopic (exact) mass is 1470 g/mol. The Morgan fingerprint density at radius 1 is 0.290 bits per heavy atom. The van der Waals surface area contributed by atoms with E-state index >= 15 is 0 Å². The molecule has 100 heavy (non-hydrogen) atoms. The van der Waals surface area contributed by atoms with E-state index in [0.29, 0.717) is 25.7 Å². The van der Waals surface area contributed by atoms with Crippen molar-refractivity contribution in [2.45, 2.75) is 445 Å². The predicted molar refractivity (Wildman–Crippen MR) is 409 cm³/mol. The second-order valence-electron chi connectivity index (χ2n) is 29.9. The Hall–Kier alpha value is -1.94. The van der Waals surface area contributed by atoms with Crippen LogP contribution in [0.4, 0.5) is 0 Å². The number of phosphoric ester groups is 2. The summed E-state index contributed by atoms with van der Waals surface area (Å²) in [5.74, 6) is -0.609. The highest BCUT2D eigenvalue weighted by Crippen LogP contribution is 2.45. The van der Waals surface area contributed by atoms with Crippen LogP contribution < -0.4 is 0 Å². The summed E-state index contributed by atoms with van der Waals surface area (Å²) >= 11 is 0. The van der Waals surface area contributed by atoms with E-state index in [0.717, 1.165) is 108 Å². The maximum absolute atomic E-state index is 13.1. The molecule has 0 bridgehead atoms. The van der Waals surface area contributed by atoms with Crippen molar-refractivity contribution in [3.63, 3.8) is 0 Å². The Morgan fingerprint density at radius 2 is 0.510 bits per heavy atom. The third-order valence-corrected chi connectivity index (χ3v) is 21.2. The van der Waals surface area contributed by atoms with Gasteiger partial charge in [0.15, 0.2) is 12.2 Å². The largest absolute Gasteiger partial charge is 0.472 e. The molecule has 0 aliphatic rings. The summed E-state index contributed by atoms with van der Waals surface area (Å²) in [5.41, 5.74) is 0. The number of aliphatic hydroxyl groups is 1. The van der Waals surface area contributed by atoms with E-state index < -0.39 is 97.5 Å². The number of esters is 4. The number of phosphoric acid groups is 2. The van der Waals surface area contributed by atoms with Gasteiger partial charge in [0.1, 0.15) is 19.3 Å². The minimum atomic E-state index is -4.96. The number of carbonyl (C=O) groups excluding carboxylic acids is 4. The fraction of sp³-hybridized carbons (Fsp3) is 0.951. The van der Waals surface area contributed by atoms with E-state index in [1.165, 1.54) is 238 Å². The van der Waals surface area contributed by atoms with Crippen molar-refractivity contribution in [3.05, 3.63) is 0 Å². The molecule has 0 aromatic carbocycles. The van der Waals surface area contributed by atoms with E-state index in [2.05, 4.69) is 41.5 Å². The van der Waals surface area contributed by atoms with Crippen LogP contribution >= 0.6 is 15.6 Å². The molecule has 0 spiro atoms. The molecule has 0 rings (SSSR count). The summed E-state index contributed by atoms with van der Waals surface area (Å²) < 4.78 is 68.7. The van der Waals surface area contributed by atoms with Crippen LogP contribution in [0.15, 0.2) is 0 Å². The standard InChI is InChI=1S/C81H158O17P2/c1-7-10-12-14-16-18-20-22-24-25-26-27-28-29-30-31-33-37-42-46-54-60-66-80(85)97-76(69-91-78(83)63-57-51-44-40-38-34-35-39-43-49-55-61-73(4)5)71-95-99(87,88)93-67-75(82)68-94-100(89,90)96-72-77(70-92-79(84)64-58-52-48-47-50-56-62-74(6)9-3)98-81(86)65-59-53-45-41-36-32-23-21-19-17-15-13-11-8-2/h73-77,82H,7-72H2,1-6H3,(H,87,88)(H,89,90)/t74?,75-,76-,77-/m1/s1. The van der Waals surface area contributed by atoms with Gasteiger partial charge in [-0.05, 0) is 37.5 Å². The van der Waals surface area contributed by atoms with Gasteiger partial charge in [-0.3, -0.25) is 37.3 Å². The first-order valence-electron chi connectivity index (χ1n) is 42.0. The zero-order chi connectivity index (χ0) is 73.5. The number of rotatable bonds is 80. The molecule has 0 aromatic rings. The summed E-state index contributed by atoms with van der Waals surface area (Å²) in [6.45, 7) is 9.60. The minimum absolute atomic E-state index is 0.107. The van der Waals surface area contributed by atoms with Crippen LogP contribution in [0.2, 0.25) is 0 Å². The van der Waals surface area contributed by atoms with Gasteiger partial charge in [0.25, 0.3) is 0 Å². The molecular weight excluding hydrogens is 1310 g/mol. The predicted octanol–water partition coefficient (Wildman–Crippen LogP) is 24.3. The van der Waals surface area contributed by atoms with Crippen LogP contribution in [0.3, 0.4) is 0 Å². The summed E-state index contributed by atoms with van der Waals surface area (Å²) in [5, 5.41) is 10.6. The fourth-order valence-electron chi connectivity index (χ4n) is 12.5. The van der Waals surface area contributed by atoms with Crippen LogP contribution in [0.5, 0.6) is 0 Å². The molecule has 0 amide bonds. The third-order valence-electron chi connectivity index (χ3n) is 19.3. The van der Waals surface area contributed by atoms with Crippen molar-refractivity contribution in [2.24, 2.45) is 11.8 Å². The number of carbonyl (C=O) groups is 4. The first-order valence-corrected chi connectivity index (χ1v) is 45.0. The summed E-state index contributed by atoms with van der Waals surface area (Å²) in [4.78, 5) is 73.0. The fourth-order valence-corrected chi connectivity index (χ4v) is 14.1. The Kier molecular flexibility index (Phi) is 71.2. The van der Waals surface area contributed by atoms with Crippen LogP contribution in [-0.4, -0.2) is 96.7 Å². The van der Waals surface area contributed by atoms with Gasteiger partial charge in [-0.25, -0.2) is 9.13 Å². The average molecular weight is 1470 g/mol. The number of hydrogen-bond donors (Lipinski definition) is 3. The van der Waals surface area contributed by atoms with Crippen molar-refractivity contribution in [1.82, 2.24) is 0 Å². The van der Waals surface area contributed by atoms with Crippen LogP contribution in [0.25, 0.3) is 0 Å².